The number of carbonyl (C=O) groups excluding carboxylic acids is 1. The van der Waals surface area contributed by atoms with E-state index in [0.29, 0.717) is 25.1 Å². The first-order chi connectivity index (χ1) is 9.54. The van der Waals surface area contributed by atoms with E-state index in [0.717, 1.165) is 0 Å². The molecule has 0 atom stereocenters. The molecule has 4 N–H and O–H groups in total. The summed E-state index contributed by atoms with van der Waals surface area (Å²) in [6.45, 7) is 0.862. The molecule has 116 valence electrons. The molecular formula is C12H17ClN4O3S. The molecule has 1 aromatic carbocycles. The molecule has 0 spiro atoms. The molecule has 0 aromatic heterocycles. The van der Waals surface area contributed by atoms with Gasteiger partial charge in [0.25, 0.3) is 10.0 Å². The number of aliphatic imine (C=N–C) groups is 1. The van der Waals surface area contributed by atoms with Crippen LogP contribution in [-0.4, -0.2) is 39.8 Å². The summed E-state index contributed by atoms with van der Waals surface area (Å²) in [5.74, 6) is -0.0656. The van der Waals surface area contributed by atoms with Crippen molar-refractivity contribution in [1.82, 2.24) is 10.0 Å². The summed E-state index contributed by atoms with van der Waals surface area (Å²) in [6.07, 6.45) is 0.692. The number of halogens is 1. The highest BCUT2D eigenvalue weighted by atomic mass is 35.5. The summed E-state index contributed by atoms with van der Waals surface area (Å²) < 4.78 is 26.0. The van der Waals surface area contributed by atoms with Crippen LogP contribution in [-0.2, 0) is 14.8 Å². The van der Waals surface area contributed by atoms with Gasteiger partial charge in [0, 0.05) is 12.1 Å². The van der Waals surface area contributed by atoms with E-state index in [1.165, 1.54) is 6.07 Å². The lowest BCUT2D eigenvalue weighted by molar-refractivity contribution is -0.119. The van der Waals surface area contributed by atoms with E-state index in [-0.39, 0.29) is 35.6 Å². The monoisotopic (exact) mass is 332 g/mol. The largest absolute Gasteiger partial charge is 0.354 e. The van der Waals surface area contributed by atoms with E-state index in [9.17, 15) is 13.2 Å². The number of fused-ring (bicyclic) bond motifs is 1. The van der Waals surface area contributed by atoms with Crippen LogP contribution in [0.15, 0.2) is 34.2 Å². The van der Waals surface area contributed by atoms with Crippen molar-refractivity contribution in [3.8, 4) is 0 Å². The van der Waals surface area contributed by atoms with Gasteiger partial charge in [0.2, 0.25) is 5.91 Å². The van der Waals surface area contributed by atoms with E-state index in [1.54, 1.807) is 18.2 Å². The van der Waals surface area contributed by atoms with Gasteiger partial charge in [-0.1, -0.05) is 12.1 Å². The highest BCUT2D eigenvalue weighted by Gasteiger charge is 2.30. The zero-order chi connectivity index (χ0) is 14.6. The summed E-state index contributed by atoms with van der Waals surface area (Å²) in [6, 6.07) is 6.51. The van der Waals surface area contributed by atoms with Crippen LogP contribution in [0.4, 0.5) is 0 Å². The van der Waals surface area contributed by atoms with Crippen LogP contribution in [0.3, 0.4) is 0 Å². The average Bonchev–Trinajstić information content (AvgIpc) is 2.69. The van der Waals surface area contributed by atoms with E-state index >= 15 is 0 Å². The maximum Gasteiger partial charge on any atom is 0.263 e. The van der Waals surface area contributed by atoms with Crippen molar-refractivity contribution in [2.24, 2.45) is 10.7 Å². The highest BCUT2D eigenvalue weighted by molar-refractivity contribution is 7.90. The molecule has 0 unspecified atom stereocenters. The summed E-state index contributed by atoms with van der Waals surface area (Å²) in [7, 11) is -3.55. The number of nitrogens with zero attached hydrogens (tertiary/aromatic N) is 1. The minimum absolute atomic E-state index is 0. The summed E-state index contributed by atoms with van der Waals surface area (Å²) in [4.78, 5) is 15.7. The molecule has 1 aromatic rings. The van der Waals surface area contributed by atoms with Crippen LogP contribution in [0.2, 0.25) is 0 Å². The molecular weight excluding hydrogens is 316 g/mol. The number of amides is 1. The fraction of sp³-hybridized carbons (Fsp3) is 0.333. The van der Waals surface area contributed by atoms with Crippen molar-refractivity contribution in [1.29, 1.82) is 0 Å². The number of carbonyl (C=O) groups is 1. The quantitative estimate of drug-likeness (QED) is 0.637. The van der Waals surface area contributed by atoms with Crippen LogP contribution >= 0.6 is 12.4 Å². The predicted molar refractivity (Wildman–Crippen MR) is 82.1 cm³/mol. The maximum atomic E-state index is 11.8. The molecule has 9 heteroatoms. The van der Waals surface area contributed by atoms with Crippen molar-refractivity contribution in [2.75, 3.05) is 19.6 Å². The second-order valence-corrected chi connectivity index (χ2v) is 5.91. The summed E-state index contributed by atoms with van der Waals surface area (Å²) in [5.41, 5.74) is 5.80. The highest BCUT2D eigenvalue weighted by Crippen LogP contribution is 2.21. The van der Waals surface area contributed by atoms with E-state index in [4.69, 9.17) is 5.73 Å². The SMILES string of the molecule is Cl.NCCCNC(=O)CN=C1NS(=O)(=O)c2ccccc21. The molecule has 2 rings (SSSR count). The zero-order valence-corrected chi connectivity index (χ0v) is 12.8. The van der Waals surface area contributed by atoms with Gasteiger partial charge in [-0.25, -0.2) is 8.42 Å². The Hall–Kier alpha value is -1.64. The zero-order valence-electron chi connectivity index (χ0n) is 11.2. The maximum absolute atomic E-state index is 11.8. The molecule has 0 saturated carbocycles. The Labute approximate surface area is 129 Å². The smallest absolute Gasteiger partial charge is 0.263 e. The first-order valence-electron chi connectivity index (χ1n) is 6.18. The number of rotatable bonds is 5. The molecule has 21 heavy (non-hydrogen) atoms. The van der Waals surface area contributed by atoms with Crippen LogP contribution in [0.5, 0.6) is 0 Å². The predicted octanol–water partition coefficient (Wildman–Crippen LogP) is -0.388. The second-order valence-electron chi connectivity index (χ2n) is 4.26. The number of nitrogens with two attached hydrogens (primary N) is 1. The molecule has 0 bridgehead atoms. The van der Waals surface area contributed by atoms with Crippen LogP contribution < -0.4 is 15.8 Å². The van der Waals surface area contributed by atoms with Gasteiger partial charge in [-0.15, -0.1) is 12.4 Å². The van der Waals surface area contributed by atoms with Gasteiger partial charge in [0.05, 0.1) is 4.90 Å². The van der Waals surface area contributed by atoms with E-state index in [2.05, 4.69) is 15.0 Å². The molecule has 7 nitrogen and oxygen atoms in total. The molecule has 0 aliphatic carbocycles. The third-order valence-corrected chi connectivity index (χ3v) is 4.14. The fourth-order valence-electron chi connectivity index (χ4n) is 1.79. The first-order valence-corrected chi connectivity index (χ1v) is 7.66. The molecule has 1 amide bonds. The average molecular weight is 333 g/mol. The number of hydrogen-bond acceptors (Lipinski definition) is 5. The summed E-state index contributed by atoms with van der Waals surface area (Å²) >= 11 is 0. The molecule has 1 aliphatic rings. The van der Waals surface area contributed by atoms with E-state index in [1.807, 2.05) is 0 Å². The van der Waals surface area contributed by atoms with Crippen molar-refractivity contribution in [3.63, 3.8) is 0 Å². The number of benzene rings is 1. The van der Waals surface area contributed by atoms with Gasteiger partial charge >= 0.3 is 0 Å². The third kappa shape index (κ3) is 4.16. The molecule has 1 heterocycles. The molecule has 1 aliphatic heterocycles. The van der Waals surface area contributed by atoms with Crippen molar-refractivity contribution < 1.29 is 13.2 Å². The minimum atomic E-state index is -3.55. The Balaban J connectivity index is 0.00000220. The normalized spacial score (nSPS) is 16.7. The topological polar surface area (TPSA) is 114 Å². The lowest BCUT2D eigenvalue weighted by atomic mass is 10.2. The van der Waals surface area contributed by atoms with E-state index < -0.39 is 10.0 Å². The minimum Gasteiger partial charge on any atom is -0.354 e. The van der Waals surface area contributed by atoms with Gasteiger partial charge in [-0.05, 0) is 25.1 Å². The standard InChI is InChI=1S/C12H16N4O3S.ClH/c13-6-3-7-14-11(17)8-15-12-9-4-1-2-5-10(9)20(18,19)16-12;/h1-2,4-5H,3,6-8,13H2,(H,14,17)(H,15,16);1H. The van der Waals surface area contributed by atoms with Gasteiger partial charge < -0.3 is 11.1 Å². The fourth-order valence-corrected chi connectivity index (χ4v) is 3.04. The van der Waals surface area contributed by atoms with Crippen LogP contribution in [0, 0.1) is 0 Å². The third-order valence-electron chi connectivity index (χ3n) is 2.75. The second kappa shape index (κ2) is 7.39. The Morgan fingerprint density at radius 3 is 2.76 bits per heavy atom. The lowest BCUT2D eigenvalue weighted by Crippen LogP contribution is -2.29. The Morgan fingerprint density at radius 2 is 2.05 bits per heavy atom. The van der Waals surface area contributed by atoms with Crippen molar-refractivity contribution in [2.45, 2.75) is 11.3 Å². The van der Waals surface area contributed by atoms with Crippen LogP contribution in [0.1, 0.15) is 12.0 Å². The number of amidine groups is 1. The molecule has 0 radical (unpaired) electrons. The Bertz CT molecular complexity index is 646. The molecule has 0 saturated heterocycles. The van der Waals surface area contributed by atoms with Crippen molar-refractivity contribution in [3.05, 3.63) is 29.8 Å². The van der Waals surface area contributed by atoms with Gasteiger partial charge in [0.15, 0.2) is 0 Å². The van der Waals surface area contributed by atoms with Crippen molar-refractivity contribution >= 4 is 34.2 Å². The Morgan fingerprint density at radius 1 is 1.33 bits per heavy atom. The van der Waals surface area contributed by atoms with Gasteiger partial charge in [-0.3, -0.25) is 14.5 Å². The molecule has 0 fully saturated rings. The number of sulfonamides is 1. The number of hydrogen-bond donors (Lipinski definition) is 3. The van der Waals surface area contributed by atoms with Gasteiger partial charge in [-0.2, -0.15) is 0 Å². The Kier molecular flexibility index (Phi) is 6.13. The summed E-state index contributed by atoms with van der Waals surface area (Å²) in [5, 5.41) is 2.65. The first kappa shape index (κ1) is 17.4. The number of nitrogens with one attached hydrogen (secondary N) is 2. The van der Waals surface area contributed by atoms with Crippen LogP contribution in [0.25, 0.3) is 0 Å². The van der Waals surface area contributed by atoms with Gasteiger partial charge in [0.1, 0.15) is 12.4 Å². The lowest BCUT2D eigenvalue weighted by Gasteiger charge is -2.02.